The zero-order valence-electron chi connectivity index (χ0n) is 15.9. The molecular weight excluding hydrogens is 352 g/mol. The number of methoxy groups -OCH3 is 1. The molecular formula is C24H24O4. The van der Waals surface area contributed by atoms with Crippen LogP contribution in [-0.4, -0.2) is 23.3 Å². The van der Waals surface area contributed by atoms with Crippen LogP contribution in [0.2, 0.25) is 0 Å². The molecule has 0 spiro atoms. The topological polar surface area (TPSA) is 66.8 Å². The van der Waals surface area contributed by atoms with Crippen molar-refractivity contribution in [2.45, 2.75) is 25.7 Å². The van der Waals surface area contributed by atoms with Crippen LogP contribution in [-0.2, 0) is 9.53 Å². The van der Waals surface area contributed by atoms with E-state index in [0.29, 0.717) is 12.8 Å². The van der Waals surface area contributed by atoms with Gasteiger partial charge in [0.25, 0.3) is 0 Å². The number of allylic oxidation sites excluding steroid dienone is 5. The Morgan fingerprint density at radius 2 is 1.50 bits per heavy atom. The number of hydrogen-bond donors (Lipinski definition) is 2. The molecule has 1 aliphatic rings. The van der Waals surface area contributed by atoms with E-state index in [-0.39, 0.29) is 17.5 Å². The monoisotopic (exact) mass is 376 g/mol. The molecule has 0 unspecified atom stereocenters. The van der Waals surface area contributed by atoms with Crippen LogP contribution in [0.4, 0.5) is 0 Å². The van der Waals surface area contributed by atoms with Crippen LogP contribution < -0.4 is 0 Å². The highest BCUT2D eigenvalue weighted by atomic mass is 16.5. The van der Waals surface area contributed by atoms with E-state index in [1.807, 2.05) is 30.3 Å². The number of aromatic hydroxyl groups is 2. The summed E-state index contributed by atoms with van der Waals surface area (Å²) in [6.45, 7) is 0. The summed E-state index contributed by atoms with van der Waals surface area (Å²) in [6.07, 6.45) is 8.86. The summed E-state index contributed by atoms with van der Waals surface area (Å²) in [5.41, 5.74) is 5.36. The second-order valence-electron chi connectivity index (χ2n) is 6.70. The molecule has 0 fully saturated rings. The first-order valence-electron chi connectivity index (χ1n) is 9.33. The molecule has 2 N–H and O–H groups in total. The Morgan fingerprint density at radius 1 is 0.929 bits per heavy atom. The second kappa shape index (κ2) is 9.09. The second-order valence-corrected chi connectivity index (χ2v) is 6.70. The molecule has 144 valence electrons. The molecule has 0 amide bonds. The van der Waals surface area contributed by atoms with Crippen molar-refractivity contribution in [1.29, 1.82) is 0 Å². The van der Waals surface area contributed by atoms with Crippen LogP contribution >= 0.6 is 0 Å². The van der Waals surface area contributed by atoms with Crippen molar-refractivity contribution in [2.75, 3.05) is 7.11 Å². The Bertz CT molecular complexity index is 869. The molecule has 2 aromatic rings. The molecule has 3 rings (SSSR count). The smallest absolute Gasteiger partial charge is 0.305 e. The highest BCUT2D eigenvalue weighted by Crippen LogP contribution is 2.37. The Labute approximate surface area is 165 Å². The molecule has 0 aromatic heterocycles. The van der Waals surface area contributed by atoms with Gasteiger partial charge in [-0.25, -0.2) is 0 Å². The number of carbonyl (C=O) groups excluding carboxylic acids is 1. The minimum atomic E-state index is -0.214. The van der Waals surface area contributed by atoms with Gasteiger partial charge in [-0.05, 0) is 71.4 Å². The lowest BCUT2D eigenvalue weighted by atomic mass is 9.86. The van der Waals surface area contributed by atoms with Crippen LogP contribution in [0.1, 0.15) is 36.8 Å². The van der Waals surface area contributed by atoms with Gasteiger partial charge in [0.05, 0.1) is 7.11 Å². The minimum absolute atomic E-state index is 0.211. The molecule has 0 atom stereocenters. The number of carbonyl (C=O) groups is 1. The third-order valence-corrected chi connectivity index (χ3v) is 4.81. The van der Waals surface area contributed by atoms with Crippen molar-refractivity contribution in [1.82, 2.24) is 0 Å². The first-order valence-corrected chi connectivity index (χ1v) is 9.33. The third kappa shape index (κ3) is 4.71. The predicted octanol–water partition coefficient (Wildman–Crippen LogP) is 5.13. The van der Waals surface area contributed by atoms with Crippen molar-refractivity contribution in [2.24, 2.45) is 0 Å². The molecule has 0 heterocycles. The van der Waals surface area contributed by atoms with Gasteiger partial charge < -0.3 is 14.9 Å². The van der Waals surface area contributed by atoms with Gasteiger partial charge >= 0.3 is 5.97 Å². The fourth-order valence-electron chi connectivity index (χ4n) is 3.40. The van der Waals surface area contributed by atoms with E-state index in [4.69, 9.17) is 4.74 Å². The lowest BCUT2D eigenvalue weighted by Gasteiger charge is -2.18. The number of benzene rings is 2. The lowest BCUT2D eigenvalue weighted by molar-refractivity contribution is -0.140. The number of ether oxygens (including phenoxy) is 1. The van der Waals surface area contributed by atoms with Crippen LogP contribution in [0.3, 0.4) is 0 Å². The summed E-state index contributed by atoms with van der Waals surface area (Å²) in [7, 11) is 1.40. The summed E-state index contributed by atoms with van der Waals surface area (Å²) >= 11 is 0. The molecule has 2 aromatic carbocycles. The van der Waals surface area contributed by atoms with Crippen LogP contribution in [0.5, 0.6) is 11.5 Å². The van der Waals surface area contributed by atoms with E-state index < -0.39 is 0 Å². The molecule has 0 radical (unpaired) electrons. The quantitative estimate of drug-likeness (QED) is 0.658. The van der Waals surface area contributed by atoms with Crippen molar-refractivity contribution in [3.63, 3.8) is 0 Å². The summed E-state index contributed by atoms with van der Waals surface area (Å²) in [5.74, 6) is 0.208. The van der Waals surface area contributed by atoms with Gasteiger partial charge in [0, 0.05) is 6.42 Å². The Balaban J connectivity index is 2.09. The van der Waals surface area contributed by atoms with Gasteiger partial charge in [-0.2, -0.15) is 0 Å². The van der Waals surface area contributed by atoms with E-state index in [1.54, 1.807) is 24.3 Å². The summed E-state index contributed by atoms with van der Waals surface area (Å²) in [5, 5.41) is 19.4. The number of phenolic OH excluding ortho intramolecular Hbond substituents is 2. The number of rotatable bonds is 7. The maximum Gasteiger partial charge on any atom is 0.305 e. The van der Waals surface area contributed by atoms with Crippen LogP contribution in [0.15, 0.2) is 77.9 Å². The van der Waals surface area contributed by atoms with E-state index in [1.165, 1.54) is 12.7 Å². The van der Waals surface area contributed by atoms with Crippen molar-refractivity contribution in [3.8, 4) is 11.5 Å². The first-order chi connectivity index (χ1) is 13.6. The van der Waals surface area contributed by atoms with Gasteiger partial charge in [0.15, 0.2) is 0 Å². The van der Waals surface area contributed by atoms with Gasteiger partial charge in [-0.15, -0.1) is 0 Å². The highest BCUT2D eigenvalue weighted by Gasteiger charge is 2.17. The average molecular weight is 376 g/mol. The summed E-state index contributed by atoms with van der Waals surface area (Å²) in [6, 6.07) is 14.2. The van der Waals surface area contributed by atoms with Crippen molar-refractivity contribution >= 4 is 11.5 Å². The van der Waals surface area contributed by atoms with Crippen LogP contribution in [0, 0.1) is 0 Å². The maximum atomic E-state index is 11.6. The Kier molecular flexibility index (Phi) is 6.33. The molecule has 0 bridgehead atoms. The molecule has 4 heteroatoms. The van der Waals surface area contributed by atoms with E-state index >= 15 is 0 Å². The molecule has 0 saturated heterocycles. The first kappa shape index (κ1) is 19.5. The molecule has 4 nitrogen and oxygen atoms in total. The van der Waals surface area contributed by atoms with Crippen molar-refractivity contribution in [3.05, 3.63) is 89.0 Å². The number of esters is 1. The number of hydrogen-bond acceptors (Lipinski definition) is 4. The predicted molar refractivity (Wildman–Crippen MR) is 110 cm³/mol. The van der Waals surface area contributed by atoms with E-state index in [9.17, 15) is 15.0 Å². The Morgan fingerprint density at radius 3 is 1.96 bits per heavy atom. The van der Waals surface area contributed by atoms with Gasteiger partial charge in [-0.1, -0.05) is 42.5 Å². The largest absolute Gasteiger partial charge is 0.508 e. The third-order valence-electron chi connectivity index (χ3n) is 4.81. The van der Waals surface area contributed by atoms with Gasteiger partial charge in [0.1, 0.15) is 11.5 Å². The highest BCUT2D eigenvalue weighted by molar-refractivity contribution is 5.85. The normalized spacial score (nSPS) is 12.5. The van der Waals surface area contributed by atoms with E-state index in [0.717, 1.165) is 35.1 Å². The molecule has 0 aliphatic heterocycles. The summed E-state index contributed by atoms with van der Waals surface area (Å²) in [4.78, 5) is 11.6. The van der Waals surface area contributed by atoms with Crippen molar-refractivity contribution < 1.29 is 19.7 Å². The maximum absolute atomic E-state index is 11.6. The zero-order chi connectivity index (χ0) is 19.9. The fraction of sp³-hybridized carbons (Fsp3) is 0.208. The molecule has 0 saturated carbocycles. The lowest BCUT2D eigenvalue weighted by Crippen LogP contribution is -2.02. The fourth-order valence-corrected chi connectivity index (χ4v) is 3.40. The summed E-state index contributed by atoms with van der Waals surface area (Å²) < 4.78 is 4.78. The Hall–Kier alpha value is -3.27. The SMILES string of the molecule is COC(=O)CCCC(C1=CC=CC1)=C(c1ccc(O)cc1)c1ccc(O)cc1. The molecule has 1 aliphatic carbocycles. The molecule has 28 heavy (non-hydrogen) atoms. The average Bonchev–Trinajstić information content (AvgIpc) is 3.24. The van der Waals surface area contributed by atoms with Crippen LogP contribution in [0.25, 0.3) is 5.57 Å². The van der Waals surface area contributed by atoms with Gasteiger partial charge in [-0.3, -0.25) is 4.79 Å². The number of phenols is 2. The standard InChI is InChI=1S/C24H24O4/c1-28-23(27)8-4-7-22(17-5-2-3-6-17)24(18-9-13-20(25)14-10-18)19-11-15-21(26)16-12-19/h2-3,5,9-16,25-26H,4,6-8H2,1H3. The van der Waals surface area contributed by atoms with Gasteiger partial charge in [0.2, 0.25) is 0 Å². The zero-order valence-corrected chi connectivity index (χ0v) is 15.9. The van der Waals surface area contributed by atoms with E-state index in [2.05, 4.69) is 12.2 Å². The minimum Gasteiger partial charge on any atom is -0.508 e.